The molecule has 0 spiro atoms. The molecule has 0 aliphatic carbocycles. The van der Waals surface area contributed by atoms with E-state index < -0.39 is 23.3 Å². The van der Waals surface area contributed by atoms with Gasteiger partial charge in [0.25, 0.3) is 0 Å². The van der Waals surface area contributed by atoms with Gasteiger partial charge < -0.3 is 10.8 Å². The van der Waals surface area contributed by atoms with Crippen molar-refractivity contribution in [2.75, 3.05) is 11.5 Å². The molecule has 0 atom stereocenters. The van der Waals surface area contributed by atoms with E-state index in [9.17, 15) is 13.6 Å². The number of benzene rings is 1. The zero-order chi connectivity index (χ0) is 14.9. The maximum absolute atomic E-state index is 14.1. The number of hydrogen-bond acceptors (Lipinski definition) is 5. The molecule has 0 amide bonds. The van der Waals surface area contributed by atoms with Crippen LogP contribution in [0.5, 0.6) is 0 Å². The molecule has 0 bridgehead atoms. The van der Waals surface area contributed by atoms with Crippen LogP contribution < -0.4 is 5.73 Å². The number of nitrogens with two attached hydrogens (primary N) is 1. The van der Waals surface area contributed by atoms with Gasteiger partial charge in [-0.2, -0.15) is 0 Å². The lowest BCUT2D eigenvalue weighted by molar-refractivity contribution is -0.133. The van der Waals surface area contributed by atoms with Crippen molar-refractivity contribution in [3.8, 4) is 5.69 Å². The van der Waals surface area contributed by atoms with Gasteiger partial charge in [-0.15, -0.1) is 10.2 Å². The number of carboxylic acid groups (broad SMARTS) is 1. The second kappa shape index (κ2) is 5.45. The minimum absolute atomic E-state index is 0.00769. The van der Waals surface area contributed by atoms with Gasteiger partial charge in [0.2, 0.25) is 5.95 Å². The van der Waals surface area contributed by atoms with Gasteiger partial charge in [0.05, 0.1) is 5.75 Å². The van der Waals surface area contributed by atoms with Gasteiger partial charge in [-0.1, -0.05) is 17.8 Å². The first kappa shape index (κ1) is 14.3. The first-order chi connectivity index (χ1) is 9.41. The quantitative estimate of drug-likeness (QED) is 0.833. The van der Waals surface area contributed by atoms with Crippen molar-refractivity contribution < 1.29 is 18.7 Å². The summed E-state index contributed by atoms with van der Waals surface area (Å²) in [6, 6.07) is 2.39. The van der Waals surface area contributed by atoms with Gasteiger partial charge in [0, 0.05) is 0 Å². The Morgan fingerprint density at radius 3 is 2.80 bits per heavy atom. The molecular formula is C11H10F2N4O2S. The number of rotatable bonds is 4. The Labute approximate surface area is 116 Å². The summed E-state index contributed by atoms with van der Waals surface area (Å²) in [4.78, 5) is 10.6. The normalized spacial score (nSPS) is 10.8. The number of thioether (sulfide) groups is 1. The van der Waals surface area contributed by atoms with Crippen LogP contribution in [0.2, 0.25) is 0 Å². The van der Waals surface area contributed by atoms with Crippen molar-refractivity contribution in [3.63, 3.8) is 0 Å². The van der Waals surface area contributed by atoms with E-state index in [4.69, 9.17) is 10.8 Å². The molecule has 0 aliphatic rings. The van der Waals surface area contributed by atoms with Crippen LogP contribution in [0.1, 0.15) is 5.56 Å². The third-order valence-electron chi connectivity index (χ3n) is 2.47. The summed E-state index contributed by atoms with van der Waals surface area (Å²) in [6.45, 7) is 1.48. The molecule has 0 radical (unpaired) electrons. The van der Waals surface area contributed by atoms with Gasteiger partial charge in [-0.3, -0.25) is 9.36 Å². The van der Waals surface area contributed by atoms with E-state index in [1.165, 1.54) is 13.0 Å². The van der Waals surface area contributed by atoms with Gasteiger partial charge in [-0.05, 0) is 18.6 Å². The fourth-order valence-electron chi connectivity index (χ4n) is 1.56. The summed E-state index contributed by atoms with van der Waals surface area (Å²) < 4.78 is 28.9. The third kappa shape index (κ3) is 2.57. The Morgan fingerprint density at radius 2 is 2.15 bits per heavy atom. The highest BCUT2D eigenvalue weighted by atomic mass is 32.2. The Bertz CT molecular complexity index is 675. The highest BCUT2D eigenvalue weighted by molar-refractivity contribution is 7.99. The fourth-order valence-corrected chi connectivity index (χ4v) is 2.22. The van der Waals surface area contributed by atoms with Crippen molar-refractivity contribution in [2.45, 2.75) is 12.1 Å². The maximum Gasteiger partial charge on any atom is 0.313 e. The molecule has 0 saturated heterocycles. The van der Waals surface area contributed by atoms with E-state index in [0.29, 0.717) is 0 Å². The molecule has 0 fully saturated rings. The molecule has 0 unspecified atom stereocenters. The van der Waals surface area contributed by atoms with Crippen LogP contribution in [-0.4, -0.2) is 31.6 Å². The molecule has 1 heterocycles. The molecule has 20 heavy (non-hydrogen) atoms. The van der Waals surface area contributed by atoms with E-state index in [1.54, 1.807) is 0 Å². The van der Waals surface area contributed by atoms with Crippen molar-refractivity contribution in [3.05, 3.63) is 29.3 Å². The predicted molar refractivity (Wildman–Crippen MR) is 68.8 cm³/mol. The van der Waals surface area contributed by atoms with Crippen LogP contribution in [0.15, 0.2) is 17.3 Å². The number of hydrogen-bond donors (Lipinski definition) is 2. The molecule has 1 aromatic carbocycles. The molecule has 0 aliphatic heterocycles. The lowest BCUT2D eigenvalue weighted by atomic mass is 10.2. The number of aliphatic carboxylic acids is 1. The van der Waals surface area contributed by atoms with Gasteiger partial charge in [0.1, 0.15) is 11.5 Å². The highest BCUT2D eigenvalue weighted by Gasteiger charge is 2.21. The molecular weight excluding hydrogens is 290 g/mol. The van der Waals surface area contributed by atoms with E-state index in [2.05, 4.69) is 10.2 Å². The minimum Gasteiger partial charge on any atom is -0.481 e. The van der Waals surface area contributed by atoms with Gasteiger partial charge >= 0.3 is 5.97 Å². The number of aryl methyl sites for hydroxylation is 1. The molecule has 3 N–H and O–H groups in total. The van der Waals surface area contributed by atoms with Crippen molar-refractivity contribution >= 4 is 23.7 Å². The van der Waals surface area contributed by atoms with Gasteiger partial charge in [-0.25, -0.2) is 8.78 Å². The zero-order valence-corrected chi connectivity index (χ0v) is 11.1. The minimum atomic E-state index is -1.09. The molecule has 6 nitrogen and oxygen atoms in total. The van der Waals surface area contributed by atoms with Crippen LogP contribution >= 0.6 is 11.8 Å². The number of nitrogens with zero attached hydrogens (tertiary/aromatic N) is 3. The van der Waals surface area contributed by atoms with Crippen molar-refractivity contribution in [2.24, 2.45) is 0 Å². The number of anilines is 1. The fraction of sp³-hybridized carbons (Fsp3) is 0.182. The lowest BCUT2D eigenvalue weighted by Gasteiger charge is -2.11. The van der Waals surface area contributed by atoms with E-state index in [0.717, 1.165) is 22.4 Å². The van der Waals surface area contributed by atoms with Crippen molar-refractivity contribution in [1.82, 2.24) is 14.8 Å². The van der Waals surface area contributed by atoms with E-state index in [-0.39, 0.29) is 22.4 Å². The van der Waals surface area contributed by atoms with Crippen molar-refractivity contribution in [1.29, 1.82) is 0 Å². The smallest absolute Gasteiger partial charge is 0.313 e. The summed E-state index contributed by atoms with van der Waals surface area (Å²) in [5, 5.41) is 15.8. The Kier molecular flexibility index (Phi) is 3.89. The van der Waals surface area contributed by atoms with Crippen LogP contribution in [0, 0.1) is 18.6 Å². The number of carboxylic acids is 1. The molecule has 0 saturated carbocycles. The standard InChI is InChI=1S/C11H10F2N4O2S/c1-5-2-3-6(12)9(8(5)13)17-10(14)15-16-11(17)20-4-7(18)19/h2-3H,4H2,1H3,(H2,14,15)(H,18,19). The number of nitrogen functional groups attached to an aromatic ring is 1. The predicted octanol–water partition coefficient (Wildman–Crippen LogP) is 1.61. The van der Waals surface area contributed by atoms with Gasteiger partial charge in [0.15, 0.2) is 11.0 Å². The summed E-state index contributed by atoms with van der Waals surface area (Å²) >= 11 is 0.771. The summed E-state index contributed by atoms with van der Waals surface area (Å²) in [5.41, 5.74) is 5.37. The second-order valence-corrected chi connectivity index (χ2v) is 4.83. The largest absolute Gasteiger partial charge is 0.481 e. The molecule has 2 aromatic rings. The zero-order valence-electron chi connectivity index (χ0n) is 10.3. The first-order valence-corrected chi connectivity index (χ1v) is 6.41. The van der Waals surface area contributed by atoms with Crippen LogP contribution in [-0.2, 0) is 4.79 Å². The third-order valence-corrected chi connectivity index (χ3v) is 3.38. The SMILES string of the molecule is Cc1ccc(F)c(-n2c(N)nnc2SCC(=O)O)c1F. The average Bonchev–Trinajstić information content (AvgIpc) is 2.74. The monoisotopic (exact) mass is 300 g/mol. The number of halogens is 2. The second-order valence-electron chi connectivity index (χ2n) is 3.89. The molecule has 9 heteroatoms. The van der Waals surface area contributed by atoms with Crippen LogP contribution in [0.3, 0.4) is 0 Å². The molecule has 106 valence electrons. The summed E-state index contributed by atoms with van der Waals surface area (Å²) in [7, 11) is 0. The van der Waals surface area contributed by atoms with E-state index in [1.807, 2.05) is 0 Å². The lowest BCUT2D eigenvalue weighted by Crippen LogP contribution is -2.09. The highest BCUT2D eigenvalue weighted by Crippen LogP contribution is 2.28. The Morgan fingerprint density at radius 1 is 1.45 bits per heavy atom. The van der Waals surface area contributed by atoms with E-state index >= 15 is 0 Å². The summed E-state index contributed by atoms with van der Waals surface area (Å²) in [5.74, 6) is -3.27. The van der Waals surface area contributed by atoms with Crippen LogP contribution in [0.25, 0.3) is 5.69 Å². The topological polar surface area (TPSA) is 94.0 Å². The first-order valence-electron chi connectivity index (χ1n) is 5.42. The summed E-state index contributed by atoms with van der Waals surface area (Å²) in [6.07, 6.45) is 0. The molecule has 1 aromatic heterocycles. The Balaban J connectivity index is 2.55. The van der Waals surface area contributed by atoms with Crippen LogP contribution in [0.4, 0.5) is 14.7 Å². The average molecular weight is 300 g/mol. The number of carbonyl (C=O) groups is 1. The molecule has 2 rings (SSSR count). The maximum atomic E-state index is 14.1. The number of aromatic nitrogens is 3. The Hall–Kier alpha value is -2.16.